The molecule has 0 fully saturated rings. The van der Waals surface area contributed by atoms with Crippen LogP contribution in [0.3, 0.4) is 0 Å². The first-order chi connectivity index (χ1) is 10.6. The Bertz CT molecular complexity index is 788. The second-order valence-electron chi connectivity index (χ2n) is 5.71. The molecule has 1 aromatic carbocycles. The second-order valence-corrected chi connectivity index (χ2v) is 5.71. The first kappa shape index (κ1) is 14.3. The molecule has 0 atom stereocenters. The number of nitrogen functional groups attached to an aromatic ring is 2. The summed E-state index contributed by atoms with van der Waals surface area (Å²) in [6.07, 6.45) is 4.87. The Labute approximate surface area is 130 Å². The maximum absolute atomic E-state index is 6.27. The van der Waals surface area contributed by atoms with Crippen LogP contribution in [0.1, 0.15) is 24.5 Å². The van der Waals surface area contributed by atoms with Crippen LogP contribution in [0.2, 0.25) is 0 Å². The number of rotatable bonds is 2. The van der Waals surface area contributed by atoms with E-state index in [0.717, 1.165) is 41.1 Å². The van der Waals surface area contributed by atoms with Gasteiger partial charge < -0.3 is 11.5 Å². The first-order valence-electron chi connectivity index (χ1n) is 7.39. The fourth-order valence-corrected chi connectivity index (χ4v) is 2.63. The number of dihydropyridines is 1. The summed E-state index contributed by atoms with van der Waals surface area (Å²) in [5.41, 5.74) is 19.6. The van der Waals surface area contributed by atoms with Crippen molar-refractivity contribution < 1.29 is 0 Å². The Morgan fingerprint density at radius 3 is 2.45 bits per heavy atom. The number of hydrogen-bond acceptors (Lipinski definition) is 4. The van der Waals surface area contributed by atoms with Gasteiger partial charge in [0.2, 0.25) is 0 Å². The van der Waals surface area contributed by atoms with Gasteiger partial charge >= 0.3 is 0 Å². The van der Waals surface area contributed by atoms with E-state index in [9.17, 15) is 0 Å². The van der Waals surface area contributed by atoms with Crippen LogP contribution in [0.15, 0.2) is 47.1 Å². The van der Waals surface area contributed by atoms with Gasteiger partial charge in [-0.3, -0.25) is 9.98 Å². The normalized spacial score (nSPS) is 14.5. The zero-order valence-corrected chi connectivity index (χ0v) is 12.9. The lowest BCUT2D eigenvalue weighted by molar-refractivity contribution is 0.936. The van der Waals surface area contributed by atoms with E-state index in [1.807, 2.05) is 31.2 Å². The van der Waals surface area contributed by atoms with Crippen molar-refractivity contribution in [1.29, 1.82) is 0 Å². The molecule has 1 aromatic heterocycles. The Kier molecular flexibility index (Phi) is 3.67. The average Bonchev–Trinajstić information content (AvgIpc) is 2.50. The molecule has 0 saturated heterocycles. The molecule has 22 heavy (non-hydrogen) atoms. The minimum atomic E-state index is 0.565. The van der Waals surface area contributed by atoms with Gasteiger partial charge in [-0.15, -0.1) is 0 Å². The van der Waals surface area contributed by atoms with Crippen LogP contribution in [-0.4, -0.2) is 17.2 Å². The van der Waals surface area contributed by atoms with E-state index < -0.39 is 0 Å². The van der Waals surface area contributed by atoms with Crippen LogP contribution in [0.25, 0.3) is 11.3 Å². The fraction of sp³-hybridized carbons (Fsp3) is 0.222. The smallest absolute Gasteiger partial charge is 0.0726 e. The van der Waals surface area contributed by atoms with Crippen molar-refractivity contribution in [3.8, 4) is 11.3 Å². The second kappa shape index (κ2) is 5.64. The highest BCUT2D eigenvalue weighted by Gasteiger charge is 2.15. The molecule has 4 heteroatoms. The highest BCUT2D eigenvalue weighted by Crippen LogP contribution is 2.33. The van der Waals surface area contributed by atoms with E-state index in [1.54, 1.807) is 6.20 Å². The van der Waals surface area contributed by atoms with E-state index >= 15 is 0 Å². The number of hydrogen-bond donors (Lipinski definition) is 2. The summed E-state index contributed by atoms with van der Waals surface area (Å²) >= 11 is 0. The number of aryl methyl sites for hydroxylation is 1. The number of allylic oxidation sites excluding steroid dienone is 1. The van der Waals surface area contributed by atoms with Crippen molar-refractivity contribution in [3.05, 3.63) is 53.2 Å². The summed E-state index contributed by atoms with van der Waals surface area (Å²) in [6, 6.07) is 7.93. The molecule has 3 rings (SSSR count). The van der Waals surface area contributed by atoms with Crippen molar-refractivity contribution in [2.24, 2.45) is 4.99 Å². The quantitative estimate of drug-likeness (QED) is 0.833. The van der Waals surface area contributed by atoms with Gasteiger partial charge in [0.05, 0.1) is 22.8 Å². The Morgan fingerprint density at radius 1 is 1.00 bits per heavy atom. The number of benzene rings is 1. The highest BCUT2D eigenvalue weighted by molar-refractivity contribution is 6.14. The molecular weight excluding hydrogens is 272 g/mol. The molecule has 4 nitrogen and oxygen atoms in total. The van der Waals surface area contributed by atoms with Crippen molar-refractivity contribution in [1.82, 2.24) is 4.98 Å². The van der Waals surface area contributed by atoms with Crippen LogP contribution in [0.5, 0.6) is 0 Å². The van der Waals surface area contributed by atoms with Crippen molar-refractivity contribution in [3.63, 3.8) is 0 Å². The lowest BCUT2D eigenvalue weighted by Crippen LogP contribution is -2.10. The lowest BCUT2D eigenvalue weighted by atomic mass is 9.97. The summed E-state index contributed by atoms with van der Waals surface area (Å²) in [5, 5.41) is 0. The molecular formula is C18H20N4. The van der Waals surface area contributed by atoms with Crippen LogP contribution in [0, 0.1) is 6.92 Å². The van der Waals surface area contributed by atoms with E-state index in [2.05, 4.69) is 23.0 Å². The Morgan fingerprint density at radius 2 is 1.73 bits per heavy atom. The topological polar surface area (TPSA) is 77.3 Å². The third-order valence-electron chi connectivity index (χ3n) is 3.93. The molecule has 4 N–H and O–H groups in total. The van der Waals surface area contributed by atoms with Crippen LogP contribution in [0.4, 0.5) is 11.4 Å². The van der Waals surface area contributed by atoms with E-state index in [-0.39, 0.29) is 0 Å². The standard InChI is InChI=1S/C18H20N4/c1-11-5-7-21-15(9-11)13-3-4-14(18(20)17(13)19)16-10-12(2)6-8-22-16/h3-5,7,9-10H,6,8,19-20H2,1-2H3. The van der Waals surface area contributed by atoms with Gasteiger partial charge in [-0.05, 0) is 56.2 Å². The van der Waals surface area contributed by atoms with Gasteiger partial charge in [0.1, 0.15) is 0 Å². The number of pyridine rings is 1. The van der Waals surface area contributed by atoms with Crippen molar-refractivity contribution in [2.75, 3.05) is 18.0 Å². The van der Waals surface area contributed by atoms with Gasteiger partial charge in [0.15, 0.2) is 0 Å². The third kappa shape index (κ3) is 2.60. The molecule has 112 valence electrons. The van der Waals surface area contributed by atoms with Gasteiger partial charge in [-0.25, -0.2) is 0 Å². The molecule has 1 aliphatic rings. The molecule has 0 aliphatic carbocycles. The van der Waals surface area contributed by atoms with E-state index in [1.165, 1.54) is 5.57 Å². The highest BCUT2D eigenvalue weighted by atomic mass is 14.8. The number of nitrogens with zero attached hydrogens (tertiary/aromatic N) is 2. The van der Waals surface area contributed by atoms with Crippen LogP contribution >= 0.6 is 0 Å². The maximum Gasteiger partial charge on any atom is 0.0726 e. The summed E-state index contributed by atoms with van der Waals surface area (Å²) in [5.74, 6) is 0. The van der Waals surface area contributed by atoms with Crippen molar-refractivity contribution >= 4 is 17.1 Å². The van der Waals surface area contributed by atoms with Crippen LogP contribution in [-0.2, 0) is 0 Å². The minimum absolute atomic E-state index is 0.565. The fourth-order valence-electron chi connectivity index (χ4n) is 2.63. The third-order valence-corrected chi connectivity index (χ3v) is 3.93. The van der Waals surface area contributed by atoms with Crippen LogP contribution < -0.4 is 11.5 Å². The van der Waals surface area contributed by atoms with E-state index in [0.29, 0.717) is 11.4 Å². The summed E-state index contributed by atoms with van der Waals surface area (Å²) in [4.78, 5) is 8.95. The molecule has 0 amide bonds. The summed E-state index contributed by atoms with van der Waals surface area (Å²) < 4.78 is 0. The van der Waals surface area contributed by atoms with E-state index in [4.69, 9.17) is 11.5 Å². The molecule has 0 spiro atoms. The number of aromatic nitrogens is 1. The van der Waals surface area contributed by atoms with Gasteiger partial charge in [-0.2, -0.15) is 0 Å². The Balaban J connectivity index is 2.08. The molecule has 2 aromatic rings. The SMILES string of the molecule is CC1=CC(c2ccc(-c3cc(C)ccn3)c(N)c2N)=NCC1. The van der Waals surface area contributed by atoms with Gasteiger partial charge in [0, 0.05) is 23.9 Å². The molecule has 1 aliphatic heterocycles. The molecule has 2 heterocycles. The molecule has 0 saturated carbocycles. The largest absolute Gasteiger partial charge is 0.396 e. The molecule has 0 bridgehead atoms. The first-order valence-corrected chi connectivity index (χ1v) is 7.39. The minimum Gasteiger partial charge on any atom is -0.396 e. The maximum atomic E-state index is 6.27. The predicted octanol–water partition coefficient (Wildman–Crippen LogP) is 3.36. The summed E-state index contributed by atoms with van der Waals surface area (Å²) in [6.45, 7) is 4.95. The van der Waals surface area contributed by atoms with Crippen molar-refractivity contribution in [2.45, 2.75) is 20.3 Å². The number of nitrogens with two attached hydrogens (primary N) is 2. The summed E-state index contributed by atoms with van der Waals surface area (Å²) in [7, 11) is 0. The Hall–Kier alpha value is -2.62. The monoisotopic (exact) mass is 292 g/mol. The number of anilines is 2. The zero-order chi connectivity index (χ0) is 15.7. The predicted molar refractivity (Wildman–Crippen MR) is 93.0 cm³/mol. The molecule has 0 radical (unpaired) electrons. The zero-order valence-electron chi connectivity index (χ0n) is 12.9. The number of aliphatic imine (C=N–C) groups is 1. The van der Waals surface area contributed by atoms with Gasteiger partial charge in [-0.1, -0.05) is 5.57 Å². The lowest BCUT2D eigenvalue weighted by Gasteiger charge is -2.15. The molecule has 0 unspecified atom stereocenters. The average molecular weight is 292 g/mol. The van der Waals surface area contributed by atoms with Gasteiger partial charge in [0.25, 0.3) is 0 Å².